The van der Waals surface area contributed by atoms with Crippen LogP contribution in [0.3, 0.4) is 0 Å². The van der Waals surface area contributed by atoms with Gasteiger partial charge in [0.1, 0.15) is 0 Å². The highest BCUT2D eigenvalue weighted by molar-refractivity contribution is 7.18. The summed E-state index contributed by atoms with van der Waals surface area (Å²) in [6, 6.07) is 18.2. The minimum Gasteiger partial charge on any atom is -0.339 e. The summed E-state index contributed by atoms with van der Waals surface area (Å²) in [6.45, 7) is 4.51. The van der Waals surface area contributed by atoms with Crippen LogP contribution in [0.25, 0.3) is 10.2 Å². The molecule has 0 N–H and O–H groups in total. The van der Waals surface area contributed by atoms with Crippen LogP contribution in [0, 0.1) is 5.92 Å². The largest absolute Gasteiger partial charge is 0.339 e. The van der Waals surface area contributed by atoms with E-state index in [1.165, 1.54) is 0 Å². The molecule has 3 aromatic rings. The van der Waals surface area contributed by atoms with Crippen LogP contribution in [-0.2, 0) is 21.4 Å². The van der Waals surface area contributed by atoms with Crippen molar-refractivity contribution in [2.45, 2.75) is 44.4 Å². The van der Waals surface area contributed by atoms with Crippen molar-refractivity contribution in [3.8, 4) is 0 Å². The second-order valence-electron chi connectivity index (χ2n) is 9.55. The standard InChI is InChI=1S/C27H31N3O2S/c1-27(21-11-3-2-4-12-21,19-24-28-22-13-7-8-14-23(22)33-24)26(32)30-17-15-29(16-18-30)25(31)20-9-5-6-10-20/h2-4,7-8,11-14,20H,5-6,9-10,15-19H2,1H3. The number of piperazine rings is 1. The van der Waals surface area contributed by atoms with Gasteiger partial charge in [0, 0.05) is 38.5 Å². The first-order valence-electron chi connectivity index (χ1n) is 12.0. The highest BCUT2D eigenvalue weighted by Gasteiger charge is 2.41. The zero-order valence-corrected chi connectivity index (χ0v) is 20.0. The maximum atomic E-state index is 14.0. The van der Waals surface area contributed by atoms with Crippen LogP contribution in [0.2, 0.25) is 0 Å². The molecule has 2 aliphatic rings. The third-order valence-corrected chi connectivity index (χ3v) is 8.35. The number of para-hydroxylation sites is 1. The molecule has 1 aliphatic carbocycles. The molecule has 0 bridgehead atoms. The van der Waals surface area contributed by atoms with Crippen molar-refractivity contribution in [2.75, 3.05) is 26.2 Å². The lowest BCUT2D eigenvalue weighted by molar-refractivity contribution is -0.144. The molecule has 1 saturated heterocycles. The van der Waals surface area contributed by atoms with Gasteiger partial charge in [-0.3, -0.25) is 9.59 Å². The molecule has 5 nitrogen and oxygen atoms in total. The van der Waals surface area contributed by atoms with E-state index in [0.717, 1.165) is 46.5 Å². The number of amides is 2. The van der Waals surface area contributed by atoms with Crippen LogP contribution in [0.5, 0.6) is 0 Å². The molecular formula is C27H31N3O2S. The van der Waals surface area contributed by atoms with Gasteiger partial charge in [-0.2, -0.15) is 0 Å². The lowest BCUT2D eigenvalue weighted by atomic mass is 9.78. The summed E-state index contributed by atoms with van der Waals surface area (Å²) < 4.78 is 1.15. The Kier molecular flexibility index (Phi) is 6.19. The Balaban J connectivity index is 1.35. The van der Waals surface area contributed by atoms with Gasteiger partial charge in [-0.25, -0.2) is 4.98 Å². The SMILES string of the molecule is CC(Cc1nc2ccccc2s1)(C(=O)N1CCN(C(=O)C2CCCC2)CC1)c1ccccc1. The molecule has 2 fully saturated rings. The molecule has 0 radical (unpaired) electrons. The highest BCUT2D eigenvalue weighted by atomic mass is 32.1. The molecule has 6 heteroatoms. The first-order valence-corrected chi connectivity index (χ1v) is 12.8. The molecule has 33 heavy (non-hydrogen) atoms. The Bertz CT molecular complexity index is 1100. The predicted octanol–water partition coefficient (Wildman–Crippen LogP) is 4.66. The third kappa shape index (κ3) is 4.41. The maximum absolute atomic E-state index is 14.0. The molecule has 1 aliphatic heterocycles. The smallest absolute Gasteiger partial charge is 0.233 e. The van der Waals surface area contributed by atoms with E-state index in [1.807, 2.05) is 65.3 Å². The Hall–Kier alpha value is -2.73. The average molecular weight is 462 g/mol. The topological polar surface area (TPSA) is 53.5 Å². The van der Waals surface area contributed by atoms with Crippen LogP contribution in [0.1, 0.15) is 43.2 Å². The number of benzene rings is 2. The first kappa shape index (κ1) is 22.1. The Morgan fingerprint density at radius 2 is 1.58 bits per heavy atom. The number of carbonyl (C=O) groups excluding carboxylic acids is 2. The predicted molar refractivity (Wildman–Crippen MR) is 132 cm³/mol. The zero-order chi connectivity index (χ0) is 22.8. The summed E-state index contributed by atoms with van der Waals surface area (Å²) in [6.07, 6.45) is 4.93. The second-order valence-corrected chi connectivity index (χ2v) is 10.7. The van der Waals surface area contributed by atoms with E-state index >= 15 is 0 Å². The minimum absolute atomic E-state index is 0.126. The van der Waals surface area contributed by atoms with E-state index in [0.29, 0.717) is 38.5 Å². The van der Waals surface area contributed by atoms with Gasteiger partial charge in [0.25, 0.3) is 0 Å². The number of fused-ring (bicyclic) bond motifs is 1. The molecule has 5 rings (SSSR count). The second kappa shape index (κ2) is 9.26. The fourth-order valence-corrected chi connectivity index (χ4v) is 6.44. The van der Waals surface area contributed by atoms with Gasteiger partial charge in [-0.05, 0) is 37.5 Å². The van der Waals surface area contributed by atoms with Crippen molar-refractivity contribution in [3.05, 3.63) is 65.2 Å². The lowest BCUT2D eigenvalue weighted by Gasteiger charge is -2.40. The number of rotatable bonds is 5. The van der Waals surface area contributed by atoms with E-state index in [-0.39, 0.29) is 11.8 Å². The van der Waals surface area contributed by atoms with E-state index in [1.54, 1.807) is 11.3 Å². The molecule has 1 saturated carbocycles. The number of carbonyl (C=O) groups is 2. The van der Waals surface area contributed by atoms with Gasteiger partial charge in [0.15, 0.2) is 0 Å². The number of thiazole rings is 1. The number of hydrogen-bond acceptors (Lipinski definition) is 4. The van der Waals surface area contributed by atoms with Gasteiger partial charge in [-0.15, -0.1) is 11.3 Å². The average Bonchev–Trinajstić information content (AvgIpc) is 3.53. The van der Waals surface area contributed by atoms with Crippen molar-refractivity contribution in [1.29, 1.82) is 0 Å². The van der Waals surface area contributed by atoms with Crippen molar-refractivity contribution < 1.29 is 9.59 Å². The summed E-state index contributed by atoms with van der Waals surface area (Å²) in [7, 11) is 0. The molecule has 2 amide bonds. The molecule has 1 unspecified atom stereocenters. The number of nitrogens with zero attached hydrogens (tertiary/aromatic N) is 3. The molecule has 1 atom stereocenters. The van der Waals surface area contributed by atoms with Crippen molar-refractivity contribution in [1.82, 2.24) is 14.8 Å². The van der Waals surface area contributed by atoms with Crippen LogP contribution in [-0.4, -0.2) is 52.8 Å². The normalized spacial score (nSPS) is 19.1. The highest BCUT2D eigenvalue weighted by Crippen LogP contribution is 2.34. The van der Waals surface area contributed by atoms with Gasteiger partial charge in [0.05, 0.1) is 20.6 Å². The summed E-state index contributed by atoms with van der Waals surface area (Å²) in [5.74, 6) is 0.613. The number of aromatic nitrogens is 1. The first-order chi connectivity index (χ1) is 16.0. The van der Waals surface area contributed by atoms with Crippen LogP contribution < -0.4 is 0 Å². The minimum atomic E-state index is -0.702. The van der Waals surface area contributed by atoms with Crippen molar-refractivity contribution in [2.24, 2.45) is 5.92 Å². The van der Waals surface area contributed by atoms with E-state index in [2.05, 4.69) is 6.07 Å². The number of hydrogen-bond donors (Lipinski definition) is 0. The van der Waals surface area contributed by atoms with Crippen LogP contribution in [0.15, 0.2) is 54.6 Å². The Morgan fingerprint density at radius 3 is 2.27 bits per heavy atom. The van der Waals surface area contributed by atoms with E-state index in [9.17, 15) is 9.59 Å². The molecule has 1 aromatic heterocycles. The van der Waals surface area contributed by atoms with Gasteiger partial charge >= 0.3 is 0 Å². The van der Waals surface area contributed by atoms with Crippen molar-refractivity contribution in [3.63, 3.8) is 0 Å². The maximum Gasteiger partial charge on any atom is 0.233 e. The van der Waals surface area contributed by atoms with Gasteiger partial charge < -0.3 is 9.80 Å². The Labute approximate surface area is 199 Å². The molecule has 172 valence electrons. The fraction of sp³-hybridized carbons (Fsp3) is 0.444. The molecule has 2 aromatic carbocycles. The van der Waals surface area contributed by atoms with Gasteiger partial charge in [0.2, 0.25) is 11.8 Å². The monoisotopic (exact) mass is 461 g/mol. The Morgan fingerprint density at radius 1 is 0.939 bits per heavy atom. The van der Waals surface area contributed by atoms with E-state index in [4.69, 9.17) is 4.98 Å². The van der Waals surface area contributed by atoms with Gasteiger partial charge in [-0.1, -0.05) is 55.3 Å². The summed E-state index contributed by atoms with van der Waals surface area (Å²) in [5.41, 5.74) is 1.30. The molecule has 0 spiro atoms. The van der Waals surface area contributed by atoms with Crippen molar-refractivity contribution >= 4 is 33.4 Å². The summed E-state index contributed by atoms with van der Waals surface area (Å²) in [5, 5.41) is 0.978. The lowest BCUT2D eigenvalue weighted by Crippen LogP contribution is -2.56. The third-order valence-electron chi connectivity index (χ3n) is 7.31. The quantitative estimate of drug-likeness (QED) is 0.555. The van der Waals surface area contributed by atoms with Crippen LogP contribution in [0.4, 0.5) is 0 Å². The fourth-order valence-electron chi connectivity index (χ4n) is 5.32. The van der Waals surface area contributed by atoms with E-state index < -0.39 is 5.41 Å². The summed E-state index contributed by atoms with van der Waals surface area (Å²) in [4.78, 5) is 35.6. The zero-order valence-electron chi connectivity index (χ0n) is 19.2. The summed E-state index contributed by atoms with van der Waals surface area (Å²) >= 11 is 1.67. The van der Waals surface area contributed by atoms with Crippen LogP contribution >= 0.6 is 11.3 Å². The molecular weight excluding hydrogens is 430 g/mol. The molecule has 2 heterocycles.